The molecule has 0 amide bonds. The van der Waals surface area contributed by atoms with E-state index in [0.29, 0.717) is 32.3 Å². The summed E-state index contributed by atoms with van der Waals surface area (Å²) >= 11 is 13.7. The van der Waals surface area contributed by atoms with Gasteiger partial charge in [0.15, 0.2) is 5.82 Å². The van der Waals surface area contributed by atoms with Crippen LogP contribution in [0.4, 0.5) is 17.2 Å². The minimum Gasteiger partial charge on any atom is -0.394 e. The number of rotatable bonds is 4. The highest BCUT2D eigenvalue weighted by atomic mass is 35.5. The maximum atomic E-state index is 6.21. The van der Waals surface area contributed by atoms with Gasteiger partial charge >= 0.3 is 0 Å². The molecule has 0 aliphatic rings. The van der Waals surface area contributed by atoms with Crippen LogP contribution in [0, 0.1) is 6.92 Å². The maximum absolute atomic E-state index is 6.21. The lowest BCUT2D eigenvalue weighted by Crippen LogP contribution is -2.02. The van der Waals surface area contributed by atoms with E-state index in [1.165, 1.54) is 23.7 Å². The number of benzene rings is 2. The monoisotopic (exact) mass is 376 g/mol. The molecule has 3 rings (SSSR count). The number of hydrogen-bond acceptors (Lipinski definition) is 5. The molecule has 24 heavy (non-hydrogen) atoms. The van der Waals surface area contributed by atoms with Crippen molar-refractivity contribution in [2.24, 2.45) is 0 Å². The van der Waals surface area contributed by atoms with Gasteiger partial charge in [0.25, 0.3) is 0 Å². The smallest absolute Gasteiger partial charge is 0.158 e. The third-order valence-corrected chi connectivity index (χ3v) is 5.13. The largest absolute Gasteiger partial charge is 0.394 e. The zero-order valence-corrected chi connectivity index (χ0v) is 15.1. The fraction of sp³-hybridized carbons (Fsp3) is 0.0588. The summed E-state index contributed by atoms with van der Waals surface area (Å²) < 4.78 is 0. The van der Waals surface area contributed by atoms with E-state index in [9.17, 15) is 0 Å². The Balaban J connectivity index is 1.88. The quantitative estimate of drug-likeness (QED) is 0.582. The van der Waals surface area contributed by atoms with Gasteiger partial charge in [-0.15, -0.1) is 0 Å². The van der Waals surface area contributed by atoms with Crippen LogP contribution >= 0.6 is 35.0 Å². The highest BCUT2D eigenvalue weighted by molar-refractivity contribution is 7.99. The van der Waals surface area contributed by atoms with Gasteiger partial charge in [-0.2, -0.15) is 0 Å². The highest BCUT2D eigenvalue weighted by Gasteiger charge is 2.12. The lowest BCUT2D eigenvalue weighted by Gasteiger charge is -2.12. The molecule has 0 aliphatic heterocycles. The van der Waals surface area contributed by atoms with Crippen molar-refractivity contribution in [2.75, 3.05) is 11.1 Å². The third-order valence-electron chi connectivity index (χ3n) is 3.29. The van der Waals surface area contributed by atoms with E-state index in [4.69, 9.17) is 28.9 Å². The molecular formula is C17H14Cl2N4S. The third kappa shape index (κ3) is 3.75. The van der Waals surface area contributed by atoms with E-state index in [0.717, 1.165) is 4.90 Å². The number of nitrogens with one attached hydrogen (secondary N) is 1. The van der Waals surface area contributed by atoms with E-state index in [1.54, 1.807) is 12.1 Å². The van der Waals surface area contributed by atoms with Crippen molar-refractivity contribution in [2.45, 2.75) is 16.8 Å². The second kappa shape index (κ2) is 7.30. The Morgan fingerprint density at radius 3 is 2.54 bits per heavy atom. The molecule has 0 spiro atoms. The van der Waals surface area contributed by atoms with Gasteiger partial charge in [-0.25, -0.2) is 9.97 Å². The summed E-state index contributed by atoms with van der Waals surface area (Å²) in [5.74, 6) is 0.490. The lowest BCUT2D eigenvalue weighted by molar-refractivity contribution is 1.06. The Morgan fingerprint density at radius 2 is 1.79 bits per heavy atom. The summed E-state index contributed by atoms with van der Waals surface area (Å²) in [4.78, 5) is 9.52. The molecule has 2 aromatic carbocycles. The number of aryl methyl sites for hydroxylation is 1. The molecule has 3 aromatic rings. The van der Waals surface area contributed by atoms with Gasteiger partial charge in [-0.1, -0.05) is 58.7 Å². The maximum Gasteiger partial charge on any atom is 0.158 e. The van der Waals surface area contributed by atoms with Gasteiger partial charge < -0.3 is 11.1 Å². The first-order valence-electron chi connectivity index (χ1n) is 7.10. The summed E-state index contributed by atoms with van der Waals surface area (Å²) in [7, 11) is 0. The second-order valence-electron chi connectivity index (χ2n) is 5.08. The van der Waals surface area contributed by atoms with E-state index < -0.39 is 0 Å². The van der Waals surface area contributed by atoms with Crippen LogP contribution in [0.1, 0.15) is 5.56 Å². The molecule has 0 saturated heterocycles. The van der Waals surface area contributed by atoms with Crippen LogP contribution in [-0.2, 0) is 0 Å². The van der Waals surface area contributed by atoms with Gasteiger partial charge in [0.1, 0.15) is 17.0 Å². The van der Waals surface area contributed by atoms with Gasteiger partial charge in [0.05, 0.1) is 15.7 Å². The number of hydrogen-bond donors (Lipinski definition) is 2. The number of aromatic nitrogens is 2. The second-order valence-corrected chi connectivity index (χ2v) is 6.93. The SMILES string of the molecule is Cc1ccc(Sc2ncnc(Nc3cccc(Cl)c3Cl)c2N)cc1. The molecule has 0 bridgehead atoms. The number of halogens is 2. The van der Waals surface area contributed by atoms with Crippen LogP contribution in [-0.4, -0.2) is 9.97 Å². The predicted molar refractivity (Wildman–Crippen MR) is 101 cm³/mol. The molecule has 122 valence electrons. The number of nitrogens with zero attached hydrogens (tertiary/aromatic N) is 2. The first-order valence-corrected chi connectivity index (χ1v) is 8.68. The average molecular weight is 377 g/mol. The van der Waals surface area contributed by atoms with E-state index in [1.807, 2.05) is 37.3 Å². The molecule has 0 atom stereocenters. The van der Waals surface area contributed by atoms with Crippen LogP contribution in [0.2, 0.25) is 10.0 Å². The standard InChI is InChI=1S/C17H14Cl2N4S/c1-10-5-7-11(8-6-10)24-17-15(20)16(21-9-22-17)23-13-4-2-3-12(18)14(13)19/h2-9H,20H2,1H3,(H,21,22,23). The number of nitrogens with two attached hydrogens (primary N) is 1. The molecule has 4 nitrogen and oxygen atoms in total. The fourth-order valence-corrected chi connectivity index (χ4v) is 3.16. The van der Waals surface area contributed by atoms with Crippen molar-refractivity contribution >= 4 is 52.2 Å². The predicted octanol–water partition coefficient (Wildman–Crippen LogP) is 5.57. The topological polar surface area (TPSA) is 63.8 Å². The number of nitrogen functional groups attached to an aromatic ring is 1. The summed E-state index contributed by atoms with van der Waals surface area (Å²) in [5, 5.41) is 4.67. The van der Waals surface area contributed by atoms with Crippen molar-refractivity contribution < 1.29 is 0 Å². The lowest BCUT2D eigenvalue weighted by atomic mass is 10.2. The summed E-state index contributed by atoms with van der Waals surface area (Å²) in [6.45, 7) is 2.05. The van der Waals surface area contributed by atoms with Gasteiger partial charge in [-0.3, -0.25) is 0 Å². The van der Waals surface area contributed by atoms with Crippen LogP contribution < -0.4 is 11.1 Å². The Labute approximate surface area is 154 Å². The molecule has 0 fully saturated rings. The van der Waals surface area contributed by atoms with Crippen LogP contribution in [0.3, 0.4) is 0 Å². The molecule has 0 unspecified atom stereocenters. The molecular weight excluding hydrogens is 363 g/mol. The fourth-order valence-electron chi connectivity index (χ4n) is 2.01. The Kier molecular flexibility index (Phi) is 5.14. The first-order chi connectivity index (χ1) is 11.5. The van der Waals surface area contributed by atoms with Crippen molar-refractivity contribution in [3.8, 4) is 0 Å². The van der Waals surface area contributed by atoms with Crippen LogP contribution in [0.15, 0.2) is 58.7 Å². The Bertz CT molecular complexity index is 869. The molecule has 1 heterocycles. The zero-order valence-electron chi connectivity index (χ0n) is 12.8. The molecule has 0 aliphatic carbocycles. The van der Waals surface area contributed by atoms with E-state index in [2.05, 4.69) is 15.3 Å². The number of anilines is 3. The highest BCUT2D eigenvalue weighted by Crippen LogP contribution is 2.36. The van der Waals surface area contributed by atoms with Crippen molar-refractivity contribution in [1.82, 2.24) is 9.97 Å². The van der Waals surface area contributed by atoms with Crippen molar-refractivity contribution in [1.29, 1.82) is 0 Å². The van der Waals surface area contributed by atoms with Gasteiger partial charge in [0, 0.05) is 4.90 Å². The molecule has 3 N–H and O–H groups in total. The minimum atomic E-state index is 0.421. The van der Waals surface area contributed by atoms with Crippen LogP contribution in [0.25, 0.3) is 0 Å². The van der Waals surface area contributed by atoms with Gasteiger partial charge in [-0.05, 0) is 31.2 Å². The zero-order chi connectivity index (χ0) is 17.1. The normalized spacial score (nSPS) is 10.6. The van der Waals surface area contributed by atoms with E-state index >= 15 is 0 Å². The summed E-state index contributed by atoms with van der Waals surface area (Å²) in [6.07, 6.45) is 1.47. The van der Waals surface area contributed by atoms with Crippen molar-refractivity contribution in [3.05, 3.63) is 64.4 Å². The molecule has 0 saturated carbocycles. The summed E-state index contributed by atoms with van der Waals surface area (Å²) in [6, 6.07) is 13.5. The Morgan fingerprint density at radius 1 is 1.04 bits per heavy atom. The van der Waals surface area contributed by atoms with Gasteiger partial charge in [0.2, 0.25) is 0 Å². The average Bonchev–Trinajstić information content (AvgIpc) is 2.57. The molecule has 7 heteroatoms. The first kappa shape index (κ1) is 16.9. The molecule has 1 aromatic heterocycles. The minimum absolute atomic E-state index is 0.421. The molecule has 0 radical (unpaired) electrons. The van der Waals surface area contributed by atoms with E-state index in [-0.39, 0.29) is 0 Å². The van der Waals surface area contributed by atoms with Crippen molar-refractivity contribution in [3.63, 3.8) is 0 Å². The summed E-state index contributed by atoms with van der Waals surface area (Å²) in [5.41, 5.74) is 8.51. The Hall–Kier alpha value is -1.95. The van der Waals surface area contributed by atoms with Crippen LogP contribution in [0.5, 0.6) is 0 Å².